The molecule has 134 valence electrons. The lowest BCUT2D eigenvalue weighted by Crippen LogP contribution is -2.11. The molecule has 0 bridgehead atoms. The summed E-state index contributed by atoms with van der Waals surface area (Å²) in [6, 6.07) is 11.5. The number of nitrogens with zero attached hydrogens (tertiary/aromatic N) is 2. The summed E-state index contributed by atoms with van der Waals surface area (Å²) in [6.07, 6.45) is 0. The third-order valence-electron chi connectivity index (χ3n) is 3.44. The zero-order chi connectivity index (χ0) is 18.7. The molecule has 0 saturated carbocycles. The fourth-order valence-electron chi connectivity index (χ4n) is 2.24. The first-order valence-electron chi connectivity index (χ1n) is 7.49. The van der Waals surface area contributed by atoms with Crippen molar-refractivity contribution in [1.29, 1.82) is 0 Å². The van der Waals surface area contributed by atoms with Crippen LogP contribution in [0.1, 0.15) is 16.1 Å². The summed E-state index contributed by atoms with van der Waals surface area (Å²) < 4.78 is 24.9. The van der Waals surface area contributed by atoms with Crippen LogP contribution in [0.15, 0.2) is 48.5 Å². The Morgan fingerprint density at radius 2 is 1.85 bits per heavy atom. The Balaban J connectivity index is 1.95. The van der Waals surface area contributed by atoms with Gasteiger partial charge in [-0.2, -0.15) is 5.10 Å². The molecule has 3 aromatic rings. The number of carbonyl (C=O) groups excluding carboxylic acids is 1. The molecule has 0 saturated heterocycles. The summed E-state index contributed by atoms with van der Waals surface area (Å²) in [5.74, 6) is -0.912. The third-order valence-corrected chi connectivity index (χ3v) is 4.18. The number of aromatic nitrogens is 2. The van der Waals surface area contributed by atoms with E-state index in [0.29, 0.717) is 21.4 Å². The van der Waals surface area contributed by atoms with E-state index in [1.807, 2.05) is 0 Å². The molecule has 0 aliphatic carbocycles. The molecule has 0 spiro atoms. The number of esters is 1. The summed E-state index contributed by atoms with van der Waals surface area (Å²) >= 11 is 12.0. The molecule has 0 aliphatic heterocycles. The molecule has 0 aliphatic rings. The molecule has 0 N–H and O–H groups in total. The summed E-state index contributed by atoms with van der Waals surface area (Å²) in [7, 11) is 1.53. The predicted octanol–water partition coefficient (Wildman–Crippen LogP) is 4.68. The van der Waals surface area contributed by atoms with Crippen LogP contribution in [-0.2, 0) is 11.3 Å². The van der Waals surface area contributed by atoms with Crippen molar-refractivity contribution in [2.45, 2.75) is 6.61 Å². The summed E-state index contributed by atoms with van der Waals surface area (Å²) in [5.41, 5.74) is 1.32. The standard InChI is InChI=1S/C18H13Cl2FN2O3/c1-25-10-13-8-17(26-18(24)11-2-4-12(21)5-3-11)23(22-13)14-6-7-15(19)16(20)9-14/h2-9H,10H2,1H3. The van der Waals surface area contributed by atoms with Crippen LogP contribution in [0.5, 0.6) is 5.88 Å². The van der Waals surface area contributed by atoms with E-state index < -0.39 is 11.8 Å². The van der Waals surface area contributed by atoms with Gasteiger partial charge in [-0.3, -0.25) is 0 Å². The highest BCUT2D eigenvalue weighted by Gasteiger charge is 2.17. The molecule has 8 heteroatoms. The number of ether oxygens (including phenoxy) is 2. The van der Waals surface area contributed by atoms with Crippen molar-refractivity contribution in [3.05, 3.63) is 75.7 Å². The molecule has 3 rings (SSSR count). The lowest BCUT2D eigenvalue weighted by atomic mass is 10.2. The van der Waals surface area contributed by atoms with Gasteiger partial charge in [0.15, 0.2) is 0 Å². The average Bonchev–Trinajstić information content (AvgIpc) is 3.00. The Labute approximate surface area is 158 Å². The maximum atomic E-state index is 13.0. The summed E-state index contributed by atoms with van der Waals surface area (Å²) in [6.45, 7) is 0.232. The Morgan fingerprint density at radius 3 is 2.50 bits per heavy atom. The van der Waals surface area contributed by atoms with Gasteiger partial charge in [0.05, 0.1) is 33.6 Å². The maximum absolute atomic E-state index is 13.0. The Hall–Kier alpha value is -2.41. The van der Waals surface area contributed by atoms with E-state index in [0.717, 1.165) is 0 Å². The zero-order valence-electron chi connectivity index (χ0n) is 13.6. The number of hydrogen-bond donors (Lipinski definition) is 0. The maximum Gasteiger partial charge on any atom is 0.344 e. The number of methoxy groups -OCH3 is 1. The minimum absolute atomic E-state index is 0.171. The molecule has 1 aromatic heterocycles. The van der Waals surface area contributed by atoms with Gasteiger partial charge < -0.3 is 9.47 Å². The second-order valence-electron chi connectivity index (χ2n) is 5.31. The van der Waals surface area contributed by atoms with Crippen LogP contribution in [0, 0.1) is 5.82 Å². The van der Waals surface area contributed by atoms with Crippen LogP contribution >= 0.6 is 23.2 Å². The minimum atomic E-state index is -0.643. The molecule has 0 fully saturated rings. The van der Waals surface area contributed by atoms with E-state index in [9.17, 15) is 9.18 Å². The van der Waals surface area contributed by atoms with Crippen molar-refractivity contribution in [2.24, 2.45) is 0 Å². The second-order valence-corrected chi connectivity index (χ2v) is 6.13. The Bertz CT molecular complexity index is 942. The fraction of sp³-hybridized carbons (Fsp3) is 0.111. The highest BCUT2D eigenvalue weighted by atomic mass is 35.5. The van der Waals surface area contributed by atoms with Crippen LogP contribution in [0.2, 0.25) is 10.0 Å². The molecule has 0 radical (unpaired) electrons. The van der Waals surface area contributed by atoms with Crippen molar-refractivity contribution in [3.63, 3.8) is 0 Å². The van der Waals surface area contributed by atoms with E-state index in [2.05, 4.69) is 5.10 Å². The first-order valence-corrected chi connectivity index (χ1v) is 8.24. The third kappa shape index (κ3) is 4.04. The second kappa shape index (κ2) is 7.86. The van der Waals surface area contributed by atoms with Gasteiger partial charge in [-0.1, -0.05) is 23.2 Å². The molecule has 26 heavy (non-hydrogen) atoms. The van der Waals surface area contributed by atoms with Crippen LogP contribution in [0.4, 0.5) is 4.39 Å². The molecule has 0 atom stereocenters. The predicted molar refractivity (Wildman–Crippen MR) is 95.7 cm³/mol. The Morgan fingerprint density at radius 1 is 1.12 bits per heavy atom. The lowest BCUT2D eigenvalue weighted by molar-refractivity contribution is 0.0723. The molecule has 1 heterocycles. The average molecular weight is 395 g/mol. The van der Waals surface area contributed by atoms with Crippen molar-refractivity contribution in [2.75, 3.05) is 7.11 Å². The van der Waals surface area contributed by atoms with Gasteiger partial charge in [0.25, 0.3) is 0 Å². The molecular formula is C18H13Cl2FN2O3. The highest BCUT2D eigenvalue weighted by Crippen LogP contribution is 2.27. The van der Waals surface area contributed by atoms with Gasteiger partial charge in [0.1, 0.15) is 5.82 Å². The Kier molecular flexibility index (Phi) is 5.56. The number of benzene rings is 2. The number of halogens is 3. The van der Waals surface area contributed by atoms with E-state index in [1.165, 1.54) is 36.1 Å². The van der Waals surface area contributed by atoms with Crippen molar-refractivity contribution in [1.82, 2.24) is 9.78 Å². The largest absolute Gasteiger partial charge is 0.404 e. The smallest absolute Gasteiger partial charge is 0.344 e. The van der Waals surface area contributed by atoms with Gasteiger partial charge >= 0.3 is 5.97 Å². The monoisotopic (exact) mass is 394 g/mol. The van der Waals surface area contributed by atoms with Gasteiger partial charge in [0, 0.05) is 13.2 Å². The number of rotatable bonds is 5. The SMILES string of the molecule is COCc1cc(OC(=O)c2ccc(F)cc2)n(-c2ccc(Cl)c(Cl)c2)n1. The molecule has 0 unspecified atom stereocenters. The van der Waals surface area contributed by atoms with Gasteiger partial charge in [-0.15, -0.1) is 0 Å². The normalized spacial score (nSPS) is 10.8. The minimum Gasteiger partial charge on any atom is -0.404 e. The lowest BCUT2D eigenvalue weighted by Gasteiger charge is -2.09. The van der Waals surface area contributed by atoms with Crippen molar-refractivity contribution in [3.8, 4) is 11.6 Å². The van der Waals surface area contributed by atoms with E-state index in [4.69, 9.17) is 32.7 Å². The first kappa shape index (κ1) is 18.4. The van der Waals surface area contributed by atoms with Crippen LogP contribution in [0.3, 0.4) is 0 Å². The zero-order valence-corrected chi connectivity index (χ0v) is 15.1. The molecule has 5 nitrogen and oxygen atoms in total. The molecule has 0 amide bonds. The van der Waals surface area contributed by atoms with Crippen molar-refractivity contribution < 1.29 is 18.7 Å². The van der Waals surface area contributed by atoms with Gasteiger partial charge in [-0.05, 0) is 42.5 Å². The number of hydrogen-bond acceptors (Lipinski definition) is 4. The van der Waals surface area contributed by atoms with Gasteiger partial charge in [-0.25, -0.2) is 13.9 Å². The highest BCUT2D eigenvalue weighted by molar-refractivity contribution is 6.42. The fourth-order valence-corrected chi connectivity index (χ4v) is 2.54. The molecular weight excluding hydrogens is 382 g/mol. The first-order chi connectivity index (χ1) is 12.5. The van der Waals surface area contributed by atoms with Crippen LogP contribution in [0.25, 0.3) is 5.69 Å². The van der Waals surface area contributed by atoms with Crippen LogP contribution < -0.4 is 4.74 Å². The number of carbonyl (C=O) groups is 1. The van der Waals surface area contributed by atoms with E-state index >= 15 is 0 Å². The quantitative estimate of drug-likeness (QED) is 0.589. The summed E-state index contributed by atoms with van der Waals surface area (Å²) in [4.78, 5) is 12.3. The van der Waals surface area contributed by atoms with E-state index in [-0.39, 0.29) is 18.1 Å². The summed E-state index contributed by atoms with van der Waals surface area (Å²) in [5, 5.41) is 5.08. The molecule has 2 aromatic carbocycles. The van der Waals surface area contributed by atoms with Crippen LogP contribution in [-0.4, -0.2) is 22.9 Å². The van der Waals surface area contributed by atoms with Gasteiger partial charge in [0.2, 0.25) is 5.88 Å². The van der Waals surface area contributed by atoms with E-state index in [1.54, 1.807) is 24.3 Å². The topological polar surface area (TPSA) is 53.4 Å². The van der Waals surface area contributed by atoms with Crippen molar-refractivity contribution >= 4 is 29.2 Å².